The van der Waals surface area contributed by atoms with Gasteiger partial charge in [-0.1, -0.05) is 22.9 Å². The van der Waals surface area contributed by atoms with Gasteiger partial charge in [0, 0.05) is 18.2 Å². The minimum atomic E-state index is 0.335. The van der Waals surface area contributed by atoms with Gasteiger partial charge in [-0.25, -0.2) is 4.98 Å². The lowest BCUT2D eigenvalue weighted by Crippen LogP contribution is -2.18. The third-order valence-electron chi connectivity index (χ3n) is 3.16. The van der Waals surface area contributed by atoms with E-state index in [4.69, 9.17) is 16.3 Å². The van der Waals surface area contributed by atoms with E-state index < -0.39 is 0 Å². The summed E-state index contributed by atoms with van der Waals surface area (Å²) in [6, 6.07) is 3.92. The molecule has 1 saturated heterocycles. The summed E-state index contributed by atoms with van der Waals surface area (Å²) in [5, 5.41) is 5.08. The zero-order chi connectivity index (χ0) is 12.5. The Bertz CT molecular complexity index is 563. The molecule has 5 heteroatoms. The van der Waals surface area contributed by atoms with Crippen molar-refractivity contribution in [2.75, 3.05) is 18.5 Å². The standard InChI is InChI=1S/C13H15ClN2OS/c1-8-5-9(14)6-11-12(8)16-13(18-11)15-7-10-3-2-4-17-10/h5-6,10H,2-4,7H2,1H3,(H,15,16). The molecule has 0 radical (unpaired) electrons. The highest BCUT2D eigenvalue weighted by atomic mass is 35.5. The van der Waals surface area contributed by atoms with Crippen LogP contribution in [0.25, 0.3) is 10.2 Å². The molecule has 0 amide bonds. The molecule has 3 nitrogen and oxygen atoms in total. The summed E-state index contributed by atoms with van der Waals surface area (Å²) in [6.07, 6.45) is 2.64. The number of thiazole rings is 1. The number of hydrogen-bond acceptors (Lipinski definition) is 4. The Kier molecular flexibility index (Phi) is 3.41. The van der Waals surface area contributed by atoms with Gasteiger partial charge in [0.25, 0.3) is 0 Å². The number of ether oxygens (including phenoxy) is 1. The van der Waals surface area contributed by atoms with E-state index in [2.05, 4.69) is 10.3 Å². The average Bonchev–Trinajstić information content (AvgIpc) is 2.93. The number of anilines is 1. The molecule has 1 N–H and O–H groups in total. The Morgan fingerprint density at radius 1 is 1.56 bits per heavy atom. The second-order valence-corrected chi connectivity index (χ2v) is 6.07. The van der Waals surface area contributed by atoms with Crippen LogP contribution in [-0.4, -0.2) is 24.2 Å². The van der Waals surface area contributed by atoms with E-state index in [-0.39, 0.29) is 0 Å². The molecule has 0 bridgehead atoms. The van der Waals surface area contributed by atoms with Crippen molar-refractivity contribution >= 4 is 38.3 Å². The number of aromatic nitrogens is 1. The maximum atomic E-state index is 6.05. The molecule has 18 heavy (non-hydrogen) atoms. The Hall–Kier alpha value is -0.840. The van der Waals surface area contributed by atoms with Crippen molar-refractivity contribution in [1.29, 1.82) is 0 Å². The fourth-order valence-corrected chi connectivity index (χ4v) is 3.56. The summed E-state index contributed by atoms with van der Waals surface area (Å²) in [7, 11) is 0. The molecule has 1 aromatic heterocycles. The molecule has 2 heterocycles. The van der Waals surface area contributed by atoms with Crippen LogP contribution in [0.5, 0.6) is 0 Å². The lowest BCUT2D eigenvalue weighted by atomic mass is 10.2. The van der Waals surface area contributed by atoms with Gasteiger partial charge in [0.15, 0.2) is 5.13 Å². The molecule has 1 atom stereocenters. The number of nitrogens with one attached hydrogen (secondary N) is 1. The lowest BCUT2D eigenvalue weighted by molar-refractivity contribution is 0.120. The van der Waals surface area contributed by atoms with Crippen molar-refractivity contribution in [3.63, 3.8) is 0 Å². The second-order valence-electron chi connectivity index (χ2n) is 4.60. The minimum Gasteiger partial charge on any atom is -0.376 e. The average molecular weight is 283 g/mol. The van der Waals surface area contributed by atoms with Crippen LogP contribution in [0.4, 0.5) is 5.13 Å². The van der Waals surface area contributed by atoms with Gasteiger partial charge >= 0.3 is 0 Å². The van der Waals surface area contributed by atoms with Gasteiger partial charge in [0.2, 0.25) is 0 Å². The van der Waals surface area contributed by atoms with Crippen molar-refractivity contribution < 1.29 is 4.74 Å². The fraction of sp³-hybridized carbons (Fsp3) is 0.462. The van der Waals surface area contributed by atoms with Gasteiger partial charge in [-0.3, -0.25) is 0 Å². The molecule has 0 saturated carbocycles. The molecule has 1 fully saturated rings. The molecule has 1 aromatic carbocycles. The van der Waals surface area contributed by atoms with Gasteiger partial charge in [0.1, 0.15) is 0 Å². The predicted octanol–water partition coefficient (Wildman–Crippen LogP) is 3.85. The molecule has 1 unspecified atom stereocenters. The first-order valence-electron chi connectivity index (χ1n) is 6.14. The first-order chi connectivity index (χ1) is 8.72. The molecule has 1 aliphatic heterocycles. The zero-order valence-electron chi connectivity index (χ0n) is 10.2. The van der Waals surface area contributed by atoms with E-state index in [9.17, 15) is 0 Å². The second kappa shape index (κ2) is 5.03. The van der Waals surface area contributed by atoms with Gasteiger partial charge in [0.05, 0.1) is 16.3 Å². The van der Waals surface area contributed by atoms with Gasteiger partial charge in [-0.15, -0.1) is 0 Å². The Morgan fingerprint density at radius 2 is 2.44 bits per heavy atom. The van der Waals surface area contributed by atoms with Crippen molar-refractivity contribution in [2.24, 2.45) is 0 Å². The monoisotopic (exact) mass is 282 g/mol. The smallest absolute Gasteiger partial charge is 0.183 e. The number of fused-ring (bicyclic) bond motifs is 1. The minimum absolute atomic E-state index is 0.335. The van der Waals surface area contributed by atoms with Crippen LogP contribution in [0.15, 0.2) is 12.1 Å². The summed E-state index contributed by atoms with van der Waals surface area (Å²) in [5.74, 6) is 0. The largest absolute Gasteiger partial charge is 0.376 e. The predicted molar refractivity (Wildman–Crippen MR) is 76.8 cm³/mol. The van der Waals surface area contributed by atoms with E-state index in [0.29, 0.717) is 6.10 Å². The summed E-state index contributed by atoms with van der Waals surface area (Å²) in [4.78, 5) is 4.61. The van der Waals surface area contributed by atoms with E-state index in [1.807, 2.05) is 19.1 Å². The quantitative estimate of drug-likeness (QED) is 0.928. The zero-order valence-corrected chi connectivity index (χ0v) is 11.8. The van der Waals surface area contributed by atoms with Crippen LogP contribution in [-0.2, 0) is 4.74 Å². The van der Waals surface area contributed by atoms with Gasteiger partial charge in [-0.2, -0.15) is 0 Å². The number of hydrogen-bond donors (Lipinski definition) is 1. The van der Waals surface area contributed by atoms with Crippen LogP contribution >= 0.6 is 22.9 Å². The van der Waals surface area contributed by atoms with E-state index in [1.165, 1.54) is 6.42 Å². The Morgan fingerprint density at radius 3 is 3.22 bits per heavy atom. The molecular formula is C13H15ClN2OS. The number of halogens is 1. The van der Waals surface area contributed by atoms with Gasteiger partial charge in [-0.05, 0) is 37.5 Å². The molecule has 96 valence electrons. The van der Waals surface area contributed by atoms with Crippen molar-refractivity contribution in [3.05, 3.63) is 22.7 Å². The number of nitrogens with zero attached hydrogens (tertiary/aromatic N) is 1. The topological polar surface area (TPSA) is 34.1 Å². The molecule has 0 aliphatic carbocycles. The van der Waals surface area contributed by atoms with E-state index in [1.54, 1.807) is 11.3 Å². The summed E-state index contributed by atoms with van der Waals surface area (Å²) in [5.41, 5.74) is 2.16. The molecular weight excluding hydrogens is 268 g/mol. The number of benzene rings is 1. The lowest BCUT2D eigenvalue weighted by Gasteiger charge is -2.08. The first-order valence-corrected chi connectivity index (χ1v) is 7.34. The highest BCUT2D eigenvalue weighted by molar-refractivity contribution is 7.22. The van der Waals surface area contributed by atoms with E-state index in [0.717, 1.165) is 45.5 Å². The highest BCUT2D eigenvalue weighted by Crippen LogP contribution is 2.31. The summed E-state index contributed by atoms with van der Waals surface area (Å²) < 4.78 is 6.72. The maximum Gasteiger partial charge on any atom is 0.183 e. The van der Waals surface area contributed by atoms with Crippen LogP contribution in [0.3, 0.4) is 0 Å². The summed E-state index contributed by atoms with van der Waals surface area (Å²) in [6.45, 7) is 3.77. The van der Waals surface area contributed by atoms with Crippen molar-refractivity contribution in [1.82, 2.24) is 4.98 Å². The SMILES string of the molecule is Cc1cc(Cl)cc2sc(NCC3CCCO3)nc12. The van der Waals surface area contributed by atoms with Gasteiger partial charge < -0.3 is 10.1 Å². The molecule has 2 aromatic rings. The summed E-state index contributed by atoms with van der Waals surface area (Å²) >= 11 is 7.70. The highest BCUT2D eigenvalue weighted by Gasteiger charge is 2.16. The third-order valence-corrected chi connectivity index (χ3v) is 4.33. The molecule has 3 rings (SSSR count). The Labute approximate surface area is 115 Å². The fourth-order valence-electron chi connectivity index (χ4n) is 2.24. The number of rotatable bonds is 3. The van der Waals surface area contributed by atoms with Crippen molar-refractivity contribution in [3.8, 4) is 0 Å². The maximum absolute atomic E-state index is 6.05. The van der Waals surface area contributed by atoms with Crippen LogP contribution in [0.1, 0.15) is 18.4 Å². The first kappa shape index (κ1) is 12.2. The Balaban J connectivity index is 1.78. The third kappa shape index (κ3) is 2.46. The van der Waals surface area contributed by atoms with Crippen LogP contribution < -0.4 is 5.32 Å². The van der Waals surface area contributed by atoms with Crippen molar-refractivity contribution in [2.45, 2.75) is 25.9 Å². The normalized spacial score (nSPS) is 19.6. The number of aryl methyl sites for hydroxylation is 1. The molecule has 1 aliphatic rings. The molecule has 0 spiro atoms. The van der Waals surface area contributed by atoms with Crippen LogP contribution in [0, 0.1) is 6.92 Å². The van der Waals surface area contributed by atoms with Crippen LogP contribution in [0.2, 0.25) is 5.02 Å². The van der Waals surface area contributed by atoms with E-state index >= 15 is 0 Å².